The van der Waals surface area contributed by atoms with Crippen LogP contribution >= 0.6 is 11.3 Å². The molecule has 0 unspecified atom stereocenters. The Hall–Kier alpha value is -2.87. The van der Waals surface area contributed by atoms with E-state index >= 15 is 0 Å². The fraction of sp³-hybridized carbons (Fsp3) is 0.133. The molecule has 3 rings (SSSR count). The Balaban J connectivity index is 1.67. The van der Waals surface area contributed by atoms with Gasteiger partial charge in [-0.25, -0.2) is 4.98 Å². The van der Waals surface area contributed by atoms with Gasteiger partial charge in [-0.15, -0.1) is 11.3 Å². The summed E-state index contributed by atoms with van der Waals surface area (Å²) in [6, 6.07) is 5.12. The van der Waals surface area contributed by atoms with Crippen LogP contribution < -0.4 is 10.6 Å². The lowest BCUT2D eigenvalue weighted by Crippen LogP contribution is -2.18. The molecule has 0 fully saturated rings. The van der Waals surface area contributed by atoms with Gasteiger partial charge in [0.2, 0.25) is 5.91 Å². The van der Waals surface area contributed by atoms with E-state index in [1.54, 1.807) is 23.6 Å². The molecule has 8 heteroatoms. The van der Waals surface area contributed by atoms with Crippen LogP contribution in [0.1, 0.15) is 23.0 Å². The SMILES string of the molecule is CC(=O)NCc1ccc(-c2csc(NC(=O)c3ccoc3)n2)o1. The van der Waals surface area contributed by atoms with Crippen molar-refractivity contribution in [2.45, 2.75) is 13.5 Å². The van der Waals surface area contributed by atoms with Crippen molar-refractivity contribution in [3.8, 4) is 11.5 Å². The number of carbonyl (C=O) groups is 2. The molecule has 0 spiro atoms. The van der Waals surface area contributed by atoms with E-state index < -0.39 is 0 Å². The summed E-state index contributed by atoms with van der Waals surface area (Å²) in [6.45, 7) is 1.77. The second-order valence-corrected chi connectivity index (χ2v) is 5.54. The number of furan rings is 2. The molecular formula is C15H13N3O4S. The number of carbonyl (C=O) groups excluding carboxylic acids is 2. The minimum Gasteiger partial charge on any atom is -0.472 e. The standard InChI is InChI=1S/C15H13N3O4S/c1-9(19)16-6-11-2-3-13(22-11)12-8-23-15(17-12)18-14(20)10-4-5-21-7-10/h2-5,7-8H,6H2,1H3,(H,16,19)(H,17,18,20). The molecule has 3 aromatic heterocycles. The summed E-state index contributed by atoms with van der Waals surface area (Å²) in [5, 5.41) is 7.60. The summed E-state index contributed by atoms with van der Waals surface area (Å²) in [6.07, 6.45) is 2.80. The molecule has 0 saturated carbocycles. The number of nitrogens with one attached hydrogen (secondary N) is 2. The first-order valence-electron chi connectivity index (χ1n) is 6.74. The Kier molecular flexibility index (Phi) is 4.24. The van der Waals surface area contributed by atoms with E-state index in [1.807, 2.05) is 0 Å². The molecule has 0 aliphatic carbocycles. The monoisotopic (exact) mass is 331 g/mol. The molecule has 0 saturated heterocycles. The number of nitrogens with zero attached hydrogens (tertiary/aromatic N) is 1. The van der Waals surface area contributed by atoms with Crippen LogP contribution in [0.3, 0.4) is 0 Å². The first-order chi connectivity index (χ1) is 11.1. The van der Waals surface area contributed by atoms with Crippen LogP contribution in [0.15, 0.2) is 44.9 Å². The highest BCUT2D eigenvalue weighted by atomic mass is 32.1. The Bertz CT molecular complexity index is 820. The largest absolute Gasteiger partial charge is 0.472 e. The fourth-order valence-corrected chi connectivity index (χ4v) is 2.52. The van der Waals surface area contributed by atoms with Gasteiger partial charge in [0.1, 0.15) is 17.7 Å². The summed E-state index contributed by atoms with van der Waals surface area (Å²) < 4.78 is 10.5. The maximum atomic E-state index is 11.9. The normalized spacial score (nSPS) is 10.5. The van der Waals surface area contributed by atoms with Crippen LogP contribution in [0, 0.1) is 0 Å². The van der Waals surface area contributed by atoms with Crippen molar-refractivity contribution in [1.29, 1.82) is 0 Å². The van der Waals surface area contributed by atoms with Gasteiger partial charge in [-0.3, -0.25) is 14.9 Å². The zero-order valence-electron chi connectivity index (χ0n) is 12.2. The molecule has 2 N–H and O–H groups in total. The number of amides is 2. The molecule has 3 heterocycles. The minimum absolute atomic E-state index is 0.124. The van der Waals surface area contributed by atoms with E-state index in [1.165, 1.54) is 30.8 Å². The van der Waals surface area contributed by atoms with Crippen LogP contribution in [0.5, 0.6) is 0 Å². The summed E-state index contributed by atoms with van der Waals surface area (Å²) >= 11 is 1.29. The van der Waals surface area contributed by atoms with Gasteiger partial charge >= 0.3 is 0 Å². The van der Waals surface area contributed by atoms with Crippen LogP contribution in [0.25, 0.3) is 11.5 Å². The van der Waals surface area contributed by atoms with Gasteiger partial charge in [-0.2, -0.15) is 0 Å². The quantitative estimate of drug-likeness (QED) is 0.749. The van der Waals surface area contributed by atoms with E-state index in [9.17, 15) is 9.59 Å². The van der Waals surface area contributed by atoms with E-state index in [-0.39, 0.29) is 11.8 Å². The number of hydrogen-bond donors (Lipinski definition) is 2. The number of thiazole rings is 1. The maximum Gasteiger partial charge on any atom is 0.260 e. The lowest BCUT2D eigenvalue weighted by atomic mass is 10.3. The molecule has 0 bridgehead atoms. The summed E-state index contributed by atoms with van der Waals surface area (Å²) in [5.41, 5.74) is 1.05. The van der Waals surface area contributed by atoms with Crippen molar-refractivity contribution >= 4 is 28.3 Å². The number of hydrogen-bond acceptors (Lipinski definition) is 6. The smallest absolute Gasteiger partial charge is 0.260 e. The first kappa shape index (κ1) is 15.0. The number of rotatable bonds is 5. The highest BCUT2D eigenvalue weighted by Crippen LogP contribution is 2.26. The van der Waals surface area contributed by atoms with Crippen molar-refractivity contribution < 1.29 is 18.4 Å². The van der Waals surface area contributed by atoms with Crippen molar-refractivity contribution in [2.75, 3.05) is 5.32 Å². The van der Waals surface area contributed by atoms with Gasteiger partial charge < -0.3 is 14.2 Å². The molecule has 2 amide bonds. The molecule has 7 nitrogen and oxygen atoms in total. The van der Waals surface area contributed by atoms with E-state index in [4.69, 9.17) is 8.83 Å². The molecule has 0 aromatic carbocycles. The summed E-state index contributed by atoms with van der Waals surface area (Å²) in [5.74, 6) is 0.795. The predicted octanol–water partition coefficient (Wildman–Crippen LogP) is 2.88. The zero-order valence-corrected chi connectivity index (χ0v) is 13.0. The third-order valence-corrected chi connectivity index (χ3v) is 3.69. The summed E-state index contributed by atoms with van der Waals surface area (Å²) in [4.78, 5) is 27.1. The maximum absolute atomic E-state index is 11.9. The third kappa shape index (κ3) is 3.67. The van der Waals surface area contributed by atoms with Gasteiger partial charge in [0.15, 0.2) is 10.9 Å². The Morgan fingerprint density at radius 1 is 1.30 bits per heavy atom. The molecule has 0 aliphatic heterocycles. The highest BCUT2D eigenvalue weighted by molar-refractivity contribution is 7.14. The van der Waals surface area contributed by atoms with E-state index in [2.05, 4.69) is 15.6 Å². The lowest BCUT2D eigenvalue weighted by molar-refractivity contribution is -0.119. The number of aromatic nitrogens is 1. The first-order valence-corrected chi connectivity index (χ1v) is 7.62. The number of anilines is 1. The van der Waals surface area contributed by atoms with Crippen molar-refractivity contribution in [2.24, 2.45) is 0 Å². The van der Waals surface area contributed by atoms with Crippen LogP contribution in [0.4, 0.5) is 5.13 Å². The molecule has 118 valence electrons. The highest BCUT2D eigenvalue weighted by Gasteiger charge is 2.13. The van der Waals surface area contributed by atoms with Gasteiger partial charge in [-0.05, 0) is 18.2 Å². The van der Waals surface area contributed by atoms with Crippen LogP contribution in [-0.2, 0) is 11.3 Å². The van der Waals surface area contributed by atoms with E-state index in [0.717, 1.165) is 0 Å². The molecule has 0 atom stereocenters. The van der Waals surface area contributed by atoms with Gasteiger partial charge in [0, 0.05) is 12.3 Å². The average Bonchev–Trinajstić information content (AvgIpc) is 3.25. The van der Waals surface area contributed by atoms with Crippen molar-refractivity contribution in [1.82, 2.24) is 10.3 Å². The van der Waals surface area contributed by atoms with Gasteiger partial charge in [0.25, 0.3) is 5.91 Å². The van der Waals surface area contributed by atoms with E-state index in [0.29, 0.717) is 34.5 Å². The Labute approximate surface area is 135 Å². The van der Waals surface area contributed by atoms with Crippen molar-refractivity contribution in [3.05, 3.63) is 47.4 Å². The molecular weight excluding hydrogens is 318 g/mol. The zero-order chi connectivity index (χ0) is 16.2. The van der Waals surface area contributed by atoms with Crippen molar-refractivity contribution in [3.63, 3.8) is 0 Å². The second-order valence-electron chi connectivity index (χ2n) is 4.68. The topological polar surface area (TPSA) is 97.4 Å². The lowest BCUT2D eigenvalue weighted by Gasteiger charge is -1.98. The fourth-order valence-electron chi connectivity index (χ4n) is 1.83. The Morgan fingerprint density at radius 2 is 2.17 bits per heavy atom. The average molecular weight is 331 g/mol. The predicted molar refractivity (Wildman–Crippen MR) is 84.0 cm³/mol. The molecule has 0 radical (unpaired) electrons. The van der Waals surface area contributed by atoms with Crippen LogP contribution in [0.2, 0.25) is 0 Å². The third-order valence-electron chi connectivity index (χ3n) is 2.93. The molecule has 3 aromatic rings. The minimum atomic E-state index is -0.287. The molecule has 23 heavy (non-hydrogen) atoms. The van der Waals surface area contributed by atoms with Crippen LogP contribution in [-0.4, -0.2) is 16.8 Å². The molecule has 0 aliphatic rings. The van der Waals surface area contributed by atoms with Gasteiger partial charge in [0.05, 0.1) is 18.4 Å². The summed E-state index contributed by atoms with van der Waals surface area (Å²) in [7, 11) is 0. The Morgan fingerprint density at radius 3 is 2.91 bits per heavy atom. The van der Waals surface area contributed by atoms with Gasteiger partial charge in [-0.1, -0.05) is 0 Å². The second kappa shape index (κ2) is 6.49.